The van der Waals surface area contributed by atoms with Crippen LogP contribution in [0.5, 0.6) is 5.88 Å². The summed E-state index contributed by atoms with van der Waals surface area (Å²) in [6, 6.07) is 8.38. The molecule has 0 aliphatic carbocycles. The van der Waals surface area contributed by atoms with Crippen LogP contribution in [0.3, 0.4) is 0 Å². The van der Waals surface area contributed by atoms with Crippen molar-refractivity contribution in [3.8, 4) is 5.88 Å². The first-order chi connectivity index (χ1) is 13.2. The van der Waals surface area contributed by atoms with Crippen LogP contribution < -0.4 is 4.74 Å². The first-order valence-electron chi connectivity index (χ1n) is 10.1. The molecule has 146 valence electrons. The molecule has 0 saturated heterocycles. The lowest BCUT2D eigenvalue weighted by molar-refractivity contribution is 0.0566. The lowest BCUT2D eigenvalue weighted by Crippen LogP contribution is -2.08. The van der Waals surface area contributed by atoms with E-state index in [4.69, 9.17) is 9.47 Å². The smallest absolute Gasteiger partial charge is 0.214 e. The number of hydrogen-bond acceptors (Lipinski definition) is 3. The van der Waals surface area contributed by atoms with E-state index in [-0.39, 0.29) is 0 Å². The van der Waals surface area contributed by atoms with Crippen LogP contribution in [0.2, 0.25) is 0 Å². The quantitative estimate of drug-likeness (QED) is 0.296. The van der Waals surface area contributed by atoms with Gasteiger partial charge in [0.2, 0.25) is 5.88 Å². The van der Waals surface area contributed by atoms with Crippen molar-refractivity contribution in [2.24, 2.45) is 0 Å². The molecule has 1 unspecified atom stereocenters. The molecule has 0 aliphatic heterocycles. The molecule has 0 N–H and O–H groups in total. The lowest BCUT2D eigenvalue weighted by atomic mass is 10.1. The highest BCUT2D eigenvalue weighted by Crippen LogP contribution is 2.20. The van der Waals surface area contributed by atoms with Gasteiger partial charge in [0.25, 0.3) is 0 Å². The van der Waals surface area contributed by atoms with Crippen molar-refractivity contribution in [3.63, 3.8) is 0 Å². The Hall–Kier alpha value is -2.13. The number of hydrogen-bond donors (Lipinski definition) is 0. The van der Waals surface area contributed by atoms with Gasteiger partial charge in [0, 0.05) is 24.3 Å². The number of allylic oxidation sites excluding steroid dienone is 1. The molecule has 0 saturated carbocycles. The molecule has 0 radical (unpaired) electrons. The van der Waals surface area contributed by atoms with Crippen molar-refractivity contribution < 1.29 is 9.47 Å². The van der Waals surface area contributed by atoms with Crippen molar-refractivity contribution >= 4 is 16.8 Å². The van der Waals surface area contributed by atoms with Gasteiger partial charge in [0.15, 0.2) is 0 Å². The largest absolute Gasteiger partial charge is 0.473 e. The Morgan fingerprint density at radius 1 is 1.15 bits per heavy atom. The van der Waals surface area contributed by atoms with Crippen molar-refractivity contribution in [3.05, 3.63) is 54.8 Å². The highest BCUT2D eigenvalue weighted by atomic mass is 16.5. The Kier molecular flexibility index (Phi) is 9.64. The second kappa shape index (κ2) is 12.3. The van der Waals surface area contributed by atoms with Gasteiger partial charge in [-0.3, -0.25) is 0 Å². The molecule has 0 bridgehead atoms. The van der Waals surface area contributed by atoms with Crippen LogP contribution in [0.25, 0.3) is 16.8 Å². The number of rotatable bonds is 13. The molecule has 27 heavy (non-hydrogen) atoms. The zero-order valence-corrected chi connectivity index (χ0v) is 16.8. The summed E-state index contributed by atoms with van der Waals surface area (Å²) in [5.41, 5.74) is 1.20. The maximum absolute atomic E-state index is 5.84. The fraction of sp³-hybridized carbons (Fsp3) is 0.458. The molecule has 3 heteroatoms. The van der Waals surface area contributed by atoms with Crippen LogP contribution in [0.15, 0.2) is 49.2 Å². The monoisotopic (exact) mass is 367 g/mol. The third-order valence-electron chi connectivity index (χ3n) is 4.51. The topological polar surface area (TPSA) is 31.4 Å². The first-order valence-corrected chi connectivity index (χ1v) is 10.1. The highest BCUT2D eigenvalue weighted by molar-refractivity contribution is 5.84. The molecule has 1 aromatic heterocycles. The third kappa shape index (κ3) is 7.96. The van der Waals surface area contributed by atoms with Crippen LogP contribution in [0.4, 0.5) is 0 Å². The average molecular weight is 368 g/mol. The van der Waals surface area contributed by atoms with Gasteiger partial charge in [0.1, 0.15) is 6.61 Å². The van der Waals surface area contributed by atoms with Crippen LogP contribution in [0, 0.1) is 0 Å². The standard InChI is InChI=1S/C24H33NO2/c1-4-6-10-16-26-20(3)11-8-7-9-12-21-13-14-22-18-24(27-15-5-2)25-19-23(22)17-21/h5,9,12-14,17-20H,2,4,6-8,10-11,15-16H2,1,3H3/b12-9+. The minimum atomic E-state index is 0.361. The molecule has 1 aromatic carbocycles. The zero-order chi connectivity index (χ0) is 19.3. The van der Waals surface area contributed by atoms with E-state index in [2.05, 4.69) is 55.8 Å². The van der Waals surface area contributed by atoms with Gasteiger partial charge < -0.3 is 9.47 Å². The van der Waals surface area contributed by atoms with E-state index in [1.54, 1.807) is 6.08 Å². The number of pyridine rings is 1. The number of aromatic nitrogens is 1. The van der Waals surface area contributed by atoms with Crippen LogP contribution >= 0.6 is 0 Å². The third-order valence-corrected chi connectivity index (χ3v) is 4.51. The van der Waals surface area contributed by atoms with Crippen molar-refractivity contribution in [1.82, 2.24) is 4.98 Å². The lowest BCUT2D eigenvalue weighted by Gasteiger charge is -2.12. The minimum absolute atomic E-state index is 0.361. The first kappa shape index (κ1) is 21.2. The molecule has 0 aliphatic rings. The number of ether oxygens (including phenoxy) is 2. The Morgan fingerprint density at radius 3 is 2.85 bits per heavy atom. The summed E-state index contributed by atoms with van der Waals surface area (Å²) >= 11 is 0. The summed E-state index contributed by atoms with van der Waals surface area (Å²) in [7, 11) is 0. The second-order valence-electron chi connectivity index (χ2n) is 6.95. The van der Waals surface area contributed by atoms with Gasteiger partial charge >= 0.3 is 0 Å². The Labute approximate surface area is 164 Å². The van der Waals surface area contributed by atoms with E-state index in [0.717, 1.165) is 36.6 Å². The molecule has 2 aromatic rings. The molecule has 0 fully saturated rings. The Morgan fingerprint density at radius 2 is 2.04 bits per heavy atom. The number of fused-ring (bicyclic) bond motifs is 1. The van der Waals surface area contributed by atoms with E-state index in [9.17, 15) is 0 Å². The summed E-state index contributed by atoms with van der Waals surface area (Å²) in [6.45, 7) is 9.43. The van der Waals surface area contributed by atoms with Crippen LogP contribution in [-0.2, 0) is 4.74 Å². The van der Waals surface area contributed by atoms with Gasteiger partial charge in [-0.25, -0.2) is 4.98 Å². The van der Waals surface area contributed by atoms with Crippen LogP contribution in [0.1, 0.15) is 57.9 Å². The summed E-state index contributed by atoms with van der Waals surface area (Å²) in [6.07, 6.45) is 15.4. The average Bonchev–Trinajstić information content (AvgIpc) is 2.69. The maximum Gasteiger partial charge on any atom is 0.214 e. The summed E-state index contributed by atoms with van der Waals surface area (Å²) in [5.74, 6) is 0.636. The zero-order valence-electron chi connectivity index (χ0n) is 16.8. The van der Waals surface area contributed by atoms with Crippen molar-refractivity contribution in [1.29, 1.82) is 0 Å². The normalized spacial score (nSPS) is 12.5. The Bertz CT molecular complexity index is 723. The molecule has 0 spiro atoms. The maximum atomic E-state index is 5.84. The summed E-state index contributed by atoms with van der Waals surface area (Å²) in [4.78, 5) is 4.34. The van der Waals surface area contributed by atoms with E-state index >= 15 is 0 Å². The summed E-state index contributed by atoms with van der Waals surface area (Å²) in [5, 5.41) is 2.26. The molecule has 2 rings (SSSR count). The van der Waals surface area contributed by atoms with Gasteiger partial charge in [0.05, 0.1) is 6.10 Å². The van der Waals surface area contributed by atoms with E-state index in [1.807, 2.05) is 12.3 Å². The van der Waals surface area contributed by atoms with Crippen molar-refractivity contribution in [2.75, 3.05) is 13.2 Å². The predicted octanol–water partition coefficient (Wildman–Crippen LogP) is 6.58. The summed E-state index contributed by atoms with van der Waals surface area (Å²) < 4.78 is 11.3. The second-order valence-corrected chi connectivity index (χ2v) is 6.95. The van der Waals surface area contributed by atoms with Crippen molar-refractivity contribution in [2.45, 2.75) is 58.5 Å². The highest BCUT2D eigenvalue weighted by Gasteiger charge is 2.01. The SMILES string of the molecule is C=CCOc1cc2ccc(/C=C/CCCC(C)OCCCCC)cc2cn1. The van der Waals surface area contributed by atoms with Gasteiger partial charge in [-0.1, -0.05) is 56.7 Å². The van der Waals surface area contributed by atoms with E-state index in [0.29, 0.717) is 18.6 Å². The molecular formula is C24H33NO2. The van der Waals surface area contributed by atoms with Gasteiger partial charge in [-0.15, -0.1) is 0 Å². The van der Waals surface area contributed by atoms with Gasteiger partial charge in [-0.05, 0) is 49.6 Å². The van der Waals surface area contributed by atoms with Gasteiger partial charge in [-0.2, -0.15) is 0 Å². The number of nitrogens with zero attached hydrogens (tertiary/aromatic N) is 1. The van der Waals surface area contributed by atoms with E-state index < -0.39 is 0 Å². The van der Waals surface area contributed by atoms with E-state index in [1.165, 1.54) is 24.8 Å². The molecule has 1 atom stereocenters. The fourth-order valence-electron chi connectivity index (χ4n) is 2.93. The predicted molar refractivity (Wildman–Crippen MR) is 115 cm³/mol. The van der Waals surface area contributed by atoms with Crippen LogP contribution in [-0.4, -0.2) is 24.3 Å². The number of benzene rings is 1. The fourth-order valence-corrected chi connectivity index (χ4v) is 2.93. The molecule has 1 heterocycles. The minimum Gasteiger partial charge on any atom is -0.473 e. The molecule has 3 nitrogen and oxygen atoms in total. The number of unbranched alkanes of at least 4 members (excludes halogenated alkanes) is 3. The molecular weight excluding hydrogens is 334 g/mol. The Balaban J connectivity index is 1.76. The molecule has 0 amide bonds.